The summed E-state index contributed by atoms with van der Waals surface area (Å²) in [7, 11) is 0. The largest absolute Gasteiger partial charge is 0.300 e. The van der Waals surface area contributed by atoms with E-state index in [1.165, 1.54) is 32.4 Å². The fourth-order valence-electron chi connectivity index (χ4n) is 2.26. The Hall–Kier alpha value is -0.550. The predicted octanol–water partition coefficient (Wildman–Crippen LogP) is 2.80. The van der Waals surface area contributed by atoms with Gasteiger partial charge >= 0.3 is 0 Å². The minimum atomic E-state index is 0.720. The third kappa shape index (κ3) is 3.31. The second-order valence-corrected chi connectivity index (χ2v) is 4.51. The van der Waals surface area contributed by atoms with Gasteiger partial charge < -0.3 is 4.90 Å². The lowest BCUT2D eigenvalue weighted by atomic mass is 9.92. The maximum atomic E-state index is 8.43. The van der Waals surface area contributed by atoms with Gasteiger partial charge in [0.2, 0.25) is 0 Å². The Morgan fingerprint density at radius 1 is 1.36 bits per heavy atom. The average molecular weight is 194 g/mol. The third-order valence-electron chi connectivity index (χ3n) is 3.49. The molecule has 0 aromatic carbocycles. The molecule has 1 saturated heterocycles. The van der Waals surface area contributed by atoms with Crippen molar-refractivity contribution in [2.45, 2.75) is 52.0 Å². The first kappa shape index (κ1) is 11.5. The van der Waals surface area contributed by atoms with Crippen LogP contribution in [-0.4, -0.2) is 24.0 Å². The van der Waals surface area contributed by atoms with Crippen molar-refractivity contribution in [3.05, 3.63) is 0 Å². The van der Waals surface area contributed by atoms with E-state index in [2.05, 4.69) is 24.8 Å². The number of rotatable bonds is 4. The van der Waals surface area contributed by atoms with Crippen LogP contribution in [0, 0.1) is 17.2 Å². The number of nitrogens with zero attached hydrogens (tertiary/aromatic N) is 2. The summed E-state index contributed by atoms with van der Waals surface area (Å²) in [5.74, 6) is 0.847. The Labute approximate surface area is 87.9 Å². The number of unbranched alkanes of at least 4 members (excludes halogenated alkanes) is 2. The number of hydrogen-bond acceptors (Lipinski definition) is 2. The van der Waals surface area contributed by atoms with Gasteiger partial charge in [0.1, 0.15) is 0 Å². The number of piperidine rings is 1. The van der Waals surface area contributed by atoms with Crippen LogP contribution in [0.5, 0.6) is 0 Å². The molecule has 1 heterocycles. The van der Waals surface area contributed by atoms with Crippen molar-refractivity contribution in [2.75, 3.05) is 13.1 Å². The zero-order chi connectivity index (χ0) is 10.4. The molecule has 2 heteroatoms. The molecule has 0 spiro atoms. The first-order valence-corrected chi connectivity index (χ1v) is 5.86. The summed E-state index contributed by atoms with van der Waals surface area (Å²) in [4.78, 5) is 2.59. The number of likely N-dealkylation sites (tertiary alicyclic amines) is 1. The van der Waals surface area contributed by atoms with Gasteiger partial charge in [-0.3, -0.25) is 0 Å². The van der Waals surface area contributed by atoms with Crippen LogP contribution in [0.2, 0.25) is 0 Å². The minimum absolute atomic E-state index is 0.720. The van der Waals surface area contributed by atoms with Gasteiger partial charge in [0.25, 0.3) is 0 Å². The van der Waals surface area contributed by atoms with Crippen LogP contribution in [-0.2, 0) is 0 Å². The van der Waals surface area contributed by atoms with Crippen LogP contribution in [0.3, 0.4) is 0 Å². The van der Waals surface area contributed by atoms with Crippen molar-refractivity contribution in [2.24, 2.45) is 5.92 Å². The summed E-state index contributed by atoms with van der Waals surface area (Å²) in [6.07, 6.45) is 5.70. The molecule has 0 aliphatic carbocycles. The molecule has 2 nitrogen and oxygen atoms in total. The fraction of sp³-hybridized carbons (Fsp3) is 0.917. The highest BCUT2D eigenvalue weighted by atomic mass is 15.2. The fourth-order valence-corrected chi connectivity index (χ4v) is 2.26. The first-order chi connectivity index (χ1) is 6.75. The molecule has 0 aromatic heterocycles. The summed E-state index contributed by atoms with van der Waals surface area (Å²) in [5, 5.41) is 8.43. The van der Waals surface area contributed by atoms with Crippen molar-refractivity contribution >= 4 is 0 Å². The molecule has 14 heavy (non-hydrogen) atoms. The lowest BCUT2D eigenvalue weighted by Crippen LogP contribution is -2.42. The van der Waals surface area contributed by atoms with Gasteiger partial charge in [-0.15, -0.1) is 0 Å². The van der Waals surface area contributed by atoms with E-state index in [1.807, 2.05) is 0 Å². The van der Waals surface area contributed by atoms with Crippen LogP contribution in [0.4, 0.5) is 0 Å². The van der Waals surface area contributed by atoms with Crippen molar-refractivity contribution < 1.29 is 0 Å². The Morgan fingerprint density at radius 2 is 2.14 bits per heavy atom. The van der Waals surface area contributed by atoms with Crippen molar-refractivity contribution in [1.29, 1.82) is 5.26 Å². The normalized spacial score (nSPS) is 28.6. The van der Waals surface area contributed by atoms with E-state index in [0.29, 0.717) is 0 Å². The molecule has 1 aliphatic heterocycles. The van der Waals surface area contributed by atoms with Gasteiger partial charge in [0.05, 0.1) is 6.07 Å². The number of nitriles is 1. The van der Waals surface area contributed by atoms with Gasteiger partial charge in [-0.05, 0) is 51.6 Å². The van der Waals surface area contributed by atoms with Crippen molar-refractivity contribution in [3.8, 4) is 6.07 Å². The molecule has 0 saturated carbocycles. The average Bonchev–Trinajstić information content (AvgIpc) is 2.19. The molecule has 0 amide bonds. The molecule has 0 N–H and O–H groups in total. The van der Waals surface area contributed by atoms with Crippen LogP contribution in [0.25, 0.3) is 0 Å². The molecule has 2 atom stereocenters. The third-order valence-corrected chi connectivity index (χ3v) is 3.49. The van der Waals surface area contributed by atoms with Gasteiger partial charge in [-0.25, -0.2) is 0 Å². The molecule has 0 aromatic rings. The van der Waals surface area contributed by atoms with E-state index in [1.54, 1.807) is 0 Å². The van der Waals surface area contributed by atoms with Crippen molar-refractivity contribution in [1.82, 2.24) is 4.90 Å². The van der Waals surface area contributed by atoms with E-state index in [-0.39, 0.29) is 0 Å². The van der Waals surface area contributed by atoms with E-state index in [0.717, 1.165) is 24.8 Å². The molecule has 80 valence electrons. The standard InChI is InChI=1S/C12H22N2/c1-11-7-6-10-14(12(11)2)9-5-3-4-8-13/h11-12H,3-7,9-10H2,1-2H3. The maximum Gasteiger partial charge on any atom is 0.0621 e. The summed E-state index contributed by atoms with van der Waals surface area (Å²) in [6.45, 7) is 7.14. The Morgan fingerprint density at radius 3 is 2.86 bits per heavy atom. The second kappa shape index (κ2) is 6.03. The summed E-state index contributed by atoms with van der Waals surface area (Å²) >= 11 is 0. The number of hydrogen-bond donors (Lipinski definition) is 0. The van der Waals surface area contributed by atoms with Gasteiger partial charge in [0, 0.05) is 12.5 Å². The monoisotopic (exact) mass is 194 g/mol. The van der Waals surface area contributed by atoms with Gasteiger partial charge in [-0.1, -0.05) is 6.92 Å². The maximum absolute atomic E-state index is 8.43. The van der Waals surface area contributed by atoms with E-state index >= 15 is 0 Å². The van der Waals surface area contributed by atoms with Crippen LogP contribution in [0.15, 0.2) is 0 Å². The lowest BCUT2D eigenvalue weighted by molar-refractivity contribution is 0.112. The molecular formula is C12H22N2. The zero-order valence-corrected chi connectivity index (χ0v) is 9.50. The molecule has 0 bridgehead atoms. The highest BCUT2D eigenvalue weighted by Gasteiger charge is 2.23. The quantitative estimate of drug-likeness (QED) is 0.643. The summed E-state index contributed by atoms with van der Waals surface area (Å²) in [5.41, 5.74) is 0. The predicted molar refractivity (Wildman–Crippen MR) is 58.9 cm³/mol. The van der Waals surface area contributed by atoms with E-state index in [9.17, 15) is 0 Å². The Balaban J connectivity index is 2.19. The van der Waals surface area contributed by atoms with Crippen LogP contribution in [0.1, 0.15) is 46.0 Å². The summed E-state index contributed by atoms with van der Waals surface area (Å²) < 4.78 is 0. The highest BCUT2D eigenvalue weighted by Crippen LogP contribution is 2.22. The minimum Gasteiger partial charge on any atom is -0.300 e. The van der Waals surface area contributed by atoms with Gasteiger partial charge in [0.15, 0.2) is 0 Å². The molecular weight excluding hydrogens is 172 g/mol. The topological polar surface area (TPSA) is 27.0 Å². The van der Waals surface area contributed by atoms with Crippen LogP contribution < -0.4 is 0 Å². The van der Waals surface area contributed by atoms with Gasteiger partial charge in [-0.2, -0.15) is 5.26 Å². The molecule has 1 aliphatic rings. The Bertz CT molecular complexity index is 195. The molecule has 1 rings (SSSR count). The zero-order valence-electron chi connectivity index (χ0n) is 9.50. The van der Waals surface area contributed by atoms with E-state index in [4.69, 9.17) is 5.26 Å². The highest BCUT2D eigenvalue weighted by molar-refractivity contribution is 4.78. The van der Waals surface area contributed by atoms with Crippen LogP contribution >= 0.6 is 0 Å². The second-order valence-electron chi connectivity index (χ2n) is 4.51. The van der Waals surface area contributed by atoms with E-state index < -0.39 is 0 Å². The smallest absolute Gasteiger partial charge is 0.0621 e. The van der Waals surface area contributed by atoms with Crippen molar-refractivity contribution in [3.63, 3.8) is 0 Å². The molecule has 0 radical (unpaired) electrons. The first-order valence-electron chi connectivity index (χ1n) is 5.86. The molecule has 1 fully saturated rings. The Kier molecular flexibility index (Phi) is 4.97. The lowest BCUT2D eigenvalue weighted by Gasteiger charge is -2.37. The SMILES string of the molecule is CC1CCCN(CCCCC#N)C1C. The summed E-state index contributed by atoms with van der Waals surface area (Å²) in [6, 6.07) is 2.95. The molecule has 2 unspecified atom stereocenters.